The van der Waals surface area contributed by atoms with Crippen molar-refractivity contribution in [3.8, 4) is 29.0 Å². The Kier molecular flexibility index (Phi) is 5.28. The Morgan fingerprint density at radius 1 is 1.19 bits per heavy atom. The smallest absolute Gasteiger partial charge is 0.248 e. The summed E-state index contributed by atoms with van der Waals surface area (Å²) >= 11 is 0. The summed E-state index contributed by atoms with van der Waals surface area (Å²) < 4.78 is 10.5. The molecule has 0 saturated carbocycles. The summed E-state index contributed by atoms with van der Waals surface area (Å²) in [5.74, 6) is 1.16. The Bertz CT molecular complexity index is 1010. The number of aromatic nitrogens is 4. The number of amides is 1. The number of hydrogen-bond donors (Lipinski definition) is 1. The van der Waals surface area contributed by atoms with Crippen LogP contribution >= 0.6 is 0 Å². The van der Waals surface area contributed by atoms with Crippen LogP contribution in [0.3, 0.4) is 0 Å². The third kappa shape index (κ3) is 4.19. The lowest BCUT2D eigenvalue weighted by Gasteiger charge is -2.07. The number of benzene rings is 2. The number of nitrogens with zero attached hydrogens (tertiary/aromatic N) is 5. The Balaban J connectivity index is 1.70. The minimum atomic E-state index is -0.332. The number of nitriles is 1. The van der Waals surface area contributed by atoms with Crippen LogP contribution in [0.4, 0.5) is 5.69 Å². The first kappa shape index (κ1) is 17.9. The highest BCUT2D eigenvalue weighted by Crippen LogP contribution is 2.30. The molecule has 27 heavy (non-hydrogen) atoms. The molecule has 9 heteroatoms. The molecule has 9 nitrogen and oxygen atoms in total. The maximum Gasteiger partial charge on any atom is 0.248 e. The van der Waals surface area contributed by atoms with Gasteiger partial charge in [-0.1, -0.05) is 6.07 Å². The molecule has 0 aliphatic heterocycles. The SMILES string of the molecule is COc1ccc(-c2nnn(CC(=O)Nc3cccc(C#N)c3)n2)cc1OC. The molecule has 0 aliphatic rings. The van der Waals surface area contributed by atoms with E-state index in [1.54, 1.807) is 49.6 Å². The van der Waals surface area contributed by atoms with Gasteiger partial charge in [0, 0.05) is 11.3 Å². The number of ether oxygens (including phenoxy) is 2. The Labute approximate surface area is 155 Å². The van der Waals surface area contributed by atoms with Crippen molar-refractivity contribution >= 4 is 11.6 Å². The van der Waals surface area contributed by atoms with Crippen molar-refractivity contribution in [3.05, 3.63) is 48.0 Å². The second-order valence-electron chi connectivity index (χ2n) is 5.45. The molecule has 0 radical (unpaired) electrons. The molecule has 1 amide bonds. The number of rotatable bonds is 6. The molecule has 3 aromatic rings. The molecule has 136 valence electrons. The summed E-state index contributed by atoms with van der Waals surface area (Å²) in [6.45, 7) is -0.114. The van der Waals surface area contributed by atoms with Gasteiger partial charge in [-0.25, -0.2) is 0 Å². The van der Waals surface area contributed by atoms with E-state index in [9.17, 15) is 4.79 Å². The summed E-state index contributed by atoms with van der Waals surface area (Å²) in [6, 6.07) is 13.9. The van der Waals surface area contributed by atoms with Crippen LogP contribution in [0.25, 0.3) is 11.4 Å². The molecule has 0 unspecified atom stereocenters. The third-order valence-corrected chi connectivity index (χ3v) is 3.66. The van der Waals surface area contributed by atoms with Crippen LogP contribution in [0.1, 0.15) is 5.56 Å². The van der Waals surface area contributed by atoms with Gasteiger partial charge < -0.3 is 14.8 Å². The summed E-state index contributed by atoms with van der Waals surface area (Å²) in [6.07, 6.45) is 0. The lowest BCUT2D eigenvalue weighted by Crippen LogP contribution is -2.20. The van der Waals surface area contributed by atoms with E-state index in [4.69, 9.17) is 14.7 Å². The maximum atomic E-state index is 12.2. The van der Waals surface area contributed by atoms with Crippen LogP contribution in [0.2, 0.25) is 0 Å². The first-order chi connectivity index (χ1) is 13.1. The van der Waals surface area contributed by atoms with Gasteiger partial charge in [0.1, 0.15) is 6.54 Å². The molecule has 0 fully saturated rings. The highest BCUT2D eigenvalue weighted by molar-refractivity contribution is 5.90. The van der Waals surface area contributed by atoms with Crippen molar-refractivity contribution in [3.63, 3.8) is 0 Å². The van der Waals surface area contributed by atoms with E-state index in [0.29, 0.717) is 34.1 Å². The van der Waals surface area contributed by atoms with Crippen LogP contribution in [0, 0.1) is 11.3 Å². The van der Waals surface area contributed by atoms with E-state index in [-0.39, 0.29) is 12.5 Å². The normalized spacial score (nSPS) is 10.1. The van der Waals surface area contributed by atoms with Crippen LogP contribution < -0.4 is 14.8 Å². The number of anilines is 1. The van der Waals surface area contributed by atoms with Crippen LogP contribution in [0.15, 0.2) is 42.5 Å². The Morgan fingerprint density at radius 2 is 2.00 bits per heavy atom. The first-order valence-electron chi connectivity index (χ1n) is 7.93. The molecular formula is C18H16N6O3. The van der Waals surface area contributed by atoms with Crippen molar-refractivity contribution in [2.45, 2.75) is 6.54 Å². The van der Waals surface area contributed by atoms with Crippen molar-refractivity contribution < 1.29 is 14.3 Å². The van der Waals surface area contributed by atoms with Crippen molar-refractivity contribution in [1.82, 2.24) is 20.2 Å². The summed E-state index contributed by atoms with van der Waals surface area (Å²) in [7, 11) is 3.09. The van der Waals surface area contributed by atoms with Gasteiger partial charge in [-0.15, -0.1) is 10.2 Å². The highest BCUT2D eigenvalue weighted by Gasteiger charge is 2.12. The largest absolute Gasteiger partial charge is 0.493 e. The Morgan fingerprint density at radius 3 is 2.74 bits per heavy atom. The van der Waals surface area contributed by atoms with E-state index in [2.05, 4.69) is 20.7 Å². The summed E-state index contributed by atoms with van der Waals surface area (Å²) in [5.41, 5.74) is 1.67. The fourth-order valence-electron chi connectivity index (χ4n) is 2.40. The molecule has 0 saturated heterocycles. The Hall–Kier alpha value is -3.93. The molecule has 0 aliphatic carbocycles. The van der Waals surface area contributed by atoms with Gasteiger partial charge in [-0.2, -0.15) is 10.1 Å². The zero-order valence-electron chi connectivity index (χ0n) is 14.7. The van der Waals surface area contributed by atoms with Crippen LogP contribution in [0.5, 0.6) is 11.5 Å². The fourth-order valence-corrected chi connectivity index (χ4v) is 2.40. The van der Waals surface area contributed by atoms with E-state index < -0.39 is 0 Å². The quantitative estimate of drug-likeness (QED) is 0.710. The number of nitrogens with one attached hydrogen (secondary N) is 1. The number of carbonyl (C=O) groups excluding carboxylic acids is 1. The molecule has 3 rings (SSSR count). The van der Waals surface area contributed by atoms with E-state index >= 15 is 0 Å². The lowest BCUT2D eigenvalue weighted by molar-refractivity contribution is -0.117. The number of methoxy groups -OCH3 is 2. The third-order valence-electron chi connectivity index (χ3n) is 3.66. The average Bonchev–Trinajstić information content (AvgIpc) is 3.15. The van der Waals surface area contributed by atoms with Gasteiger partial charge in [0.05, 0.1) is 25.9 Å². The second kappa shape index (κ2) is 7.97. The number of carbonyl (C=O) groups is 1. The van der Waals surface area contributed by atoms with Gasteiger partial charge in [0.15, 0.2) is 11.5 Å². The fraction of sp³-hybridized carbons (Fsp3) is 0.167. The molecule has 0 atom stereocenters. The average molecular weight is 364 g/mol. The predicted octanol–water partition coefficient (Wildman–Crippen LogP) is 1.87. The molecule has 0 bridgehead atoms. The van der Waals surface area contributed by atoms with Gasteiger partial charge >= 0.3 is 0 Å². The van der Waals surface area contributed by atoms with Gasteiger partial charge in [-0.3, -0.25) is 4.79 Å². The van der Waals surface area contributed by atoms with Gasteiger partial charge in [0.2, 0.25) is 11.7 Å². The van der Waals surface area contributed by atoms with E-state index in [0.717, 1.165) is 0 Å². The van der Waals surface area contributed by atoms with Gasteiger partial charge in [0.25, 0.3) is 0 Å². The van der Waals surface area contributed by atoms with Crippen molar-refractivity contribution in [1.29, 1.82) is 5.26 Å². The van der Waals surface area contributed by atoms with Crippen LogP contribution in [-0.2, 0) is 11.3 Å². The minimum absolute atomic E-state index is 0.114. The lowest BCUT2D eigenvalue weighted by atomic mass is 10.2. The zero-order chi connectivity index (χ0) is 19.2. The molecular weight excluding hydrogens is 348 g/mol. The molecule has 1 aromatic heterocycles. The summed E-state index contributed by atoms with van der Waals surface area (Å²) in [5, 5.41) is 23.7. The van der Waals surface area contributed by atoms with E-state index in [1.807, 2.05) is 6.07 Å². The van der Waals surface area contributed by atoms with Crippen molar-refractivity contribution in [2.24, 2.45) is 0 Å². The molecule has 2 aromatic carbocycles. The molecule has 1 heterocycles. The molecule has 1 N–H and O–H groups in total. The van der Waals surface area contributed by atoms with Crippen LogP contribution in [-0.4, -0.2) is 40.3 Å². The van der Waals surface area contributed by atoms with Gasteiger partial charge in [-0.05, 0) is 41.6 Å². The second-order valence-corrected chi connectivity index (χ2v) is 5.45. The monoisotopic (exact) mass is 364 g/mol. The number of hydrogen-bond acceptors (Lipinski definition) is 7. The molecule has 0 spiro atoms. The highest BCUT2D eigenvalue weighted by atomic mass is 16.5. The number of tetrazole rings is 1. The summed E-state index contributed by atoms with van der Waals surface area (Å²) in [4.78, 5) is 13.3. The predicted molar refractivity (Wildman–Crippen MR) is 96.1 cm³/mol. The standard InChI is InChI=1S/C18H16N6O3/c1-26-15-7-6-13(9-16(15)27-2)18-21-23-24(22-18)11-17(25)20-14-5-3-4-12(8-14)10-19/h3-9H,11H2,1-2H3,(H,20,25). The topological polar surface area (TPSA) is 115 Å². The zero-order valence-corrected chi connectivity index (χ0v) is 14.7. The minimum Gasteiger partial charge on any atom is -0.493 e. The maximum absolute atomic E-state index is 12.2. The van der Waals surface area contributed by atoms with E-state index in [1.165, 1.54) is 11.9 Å². The van der Waals surface area contributed by atoms with Crippen molar-refractivity contribution in [2.75, 3.05) is 19.5 Å². The first-order valence-corrected chi connectivity index (χ1v) is 7.93.